The standard InChI is InChI=1S/C12H15BrO/c1-10-6-7-12(14-2)11(9-10)5-3-4-8-13/h3,5-7,9H,4,8H2,1-2H3/b5-3+. The van der Waals surface area contributed by atoms with Crippen molar-refractivity contribution in [2.24, 2.45) is 0 Å². The van der Waals surface area contributed by atoms with Crippen LogP contribution in [0.15, 0.2) is 24.3 Å². The lowest BCUT2D eigenvalue weighted by Crippen LogP contribution is -1.87. The fourth-order valence-corrected chi connectivity index (χ4v) is 1.52. The molecule has 0 spiro atoms. The van der Waals surface area contributed by atoms with Gasteiger partial charge >= 0.3 is 0 Å². The quantitative estimate of drug-likeness (QED) is 0.743. The molecule has 2 heteroatoms. The first-order valence-electron chi connectivity index (χ1n) is 4.65. The Morgan fingerprint density at radius 3 is 2.86 bits per heavy atom. The molecule has 0 radical (unpaired) electrons. The van der Waals surface area contributed by atoms with E-state index < -0.39 is 0 Å². The van der Waals surface area contributed by atoms with Crippen LogP contribution >= 0.6 is 15.9 Å². The Hall–Kier alpha value is -0.760. The van der Waals surface area contributed by atoms with Gasteiger partial charge in [-0.2, -0.15) is 0 Å². The Morgan fingerprint density at radius 2 is 2.21 bits per heavy atom. The van der Waals surface area contributed by atoms with Gasteiger partial charge in [0.25, 0.3) is 0 Å². The van der Waals surface area contributed by atoms with E-state index in [0.717, 1.165) is 23.1 Å². The molecule has 1 aromatic rings. The molecule has 14 heavy (non-hydrogen) atoms. The van der Waals surface area contributed by atoms with E-state index in [0.29, 0.717) is 0 Å². The maximum absolute atomic E-state index is 5.27. The molecule has 0 aromatic heterocycles. The number of hydrogen-bond acceptors (Lipinski definition) is 1. The molecule has 0 fully saturated rings. The summed E-state index contributed by atoms with van der Waals surface area (Å²) < 4.78 is 5.27. The Morgan fingerprint density at radius 1 is 1.43 bits per heavy atom. The van der Waals surface area contributed by atoms with Gasteiger partial charge in [-0.1, -0.05) is 39.7 Å². The van der Waals surface area contributed by atoms with Crippen molar-refractivity contribution in [2.45, 2.75) is 13.3 Å². The summed E-state index contributed by atoms with van der Waals surface area (Å²) in [5.74, 6) is 0.932. The average Bonchev–Trinajstić information content (AvgIpc) is 2.19. The van der Waals surface area contributed by atoms with E-state index in [4.69, 9.17) is 4.74 Å². The summed E-state index contributed by atoms with van der Waals surface area (Å²) in [6.45, 7) is 2.08. The van der Waals surface area contributed by atoms with Gasteiger partial charge in [0.2, 0.25) is 0 Å². The molecule has 0 saturated carbocycles. The molecule has 0 aliphatic carbocycles. The summed E-state index contributed by atoms with van der Waals surface area (Å²) in [7, 11) is 1.70. The van der Waals surface area contributed by atoms with Crippen LogP contribution in [-0.4, -0.2) is 12.4 Å². The summed E-state index contributed by atoms with van der Waals surface area (Å²) in [5, 5.41) is 0.998. The van der Waals surface area contributed by atoms with Gasteiger partial charge < -0.3 is 4.74 Å². The largest absolute Gasteiger partial charge is 0.496 e. The highest BCUT2D eigenvalue weighted by atomic mass is 79.9. The smallest absolute Gasteiger partial charge is 0.126 e. The molecule has 0 aliphatic rings. The summed E-state index contributed by atoms with van der Waals surface area (Å²) in [4.78, 5) is 0. The molecule has 0 unspecified atom stereocenters. The topological polar surface area (TPSA) is 9.23 Å². The summed E-state index contributed by atoms with van der Waals surface area (Å²) in [6, 6.07) is 6.19. The zero-order chi connectivity index (χ0) is 10.4. The monoisotopic (exact) mass is 254 g/mol. The average molecular weight is 255 g/mol. The summed E-state index contributed by atoms with van der Waals surface area (Å²) in [6.07, 6.45) is 5.29. The van der Waals surface area contributed by atoms with Gasteiger partial charge in [0.1, 0.15) is 5.75 Å². The highest BCUT2D eigenvalue weighted by Crippen LogP contribution is 2.21. The van der Waals surface area contributed by atoms with Crippen LogP contribution in [0, 0.1) is 6.92 Å². The second-order valence-electron chi connectivity index (χ2n) is 3.13. The molecule has 1 rings (SSSR count). The van der Waals surface area contributed by atoms with Crippen LogP contribution in [0.3, 0.4) is 0 Å². The van der Waals surface area contributed by atoms with Crippen LogP contribution in [-0.2, 0) is 0 Å². The van der Waals surface area contributed by atoms with Crippen molar-refractivity contribution in [2.75, 3.05) is 12.4 Å². The first-order valence-corrected chi connectivity index (χ1v) is 5.77. The highest BCUT2D eigenvalue weighted by molar-refractivity contribution is 9.09. The van der Waals surface area contributed by atoms with Crippen LogP contribution in [0.25, 0.3) is 6.08 Å². The lowest BCUT2D eigenvalue weighted by molar-refractivity contribution is 0.413. The second kappa shape index (κ2) is 5.86. The summed E-state index contributed by atoms with van der Waals surface area (Å²) >= 11 is 3.39. The fraction of sp³-hybridized carbons (Fsp3) is 0.333. The van der Waals surface area contributed by atoms with Crippen molar-refractivity contribution < 1.29 is 4.74 Å². The lowest BCUT2D eigenvalue weighted by atomic mass is 10.1. The Balaban J connectivity index is 2.87. The van der Waals surface area contributed by atoms with Crippen molar-refractivity contribution in [1.82, 2.24) is 0 Å². The van der Waals surface area contributed by atoms with Gasteiger partial charge in [-0.3, -0.25) is 0 Å². The van der Waals surface area contributed by atoms with Crippen LogP contribution in [0.4, 0.5) is 0 Å². The number of benzene rings is 1. The molecule has 1 aromatic carbocycles. The number of halogens is 1. The van der Waals surface area contributed by atoms with E-state index in [1.807, 2.05) is 6.07 Å². The number of aryl methyl sites for hydroxylation is 1. The zero-order valence-corrected chi connectivity index (χ0v) is 10.2. The van der Waals surface area contributed by atoms with Crippen LogP contribution < -0.4 is 4.74 Å². The molecular formula is C12H15BrO. The second-order valence-corrected chi connectivity index (χ2v) is 3.92. The number of allylic oxidation sites excluding steroid dienone is 1. The third-order valence-corrected chi connectivity index (χ3v) is 2.42. The molecule has 0 saturated heterocycles. The minimum absolute atomic E-state index is 0.932. The van der Waals surface area contributed by atoms with E-state index in [-0.39, 0.29) is 0 Å². The number of methoxy groups -OCH3 is 1. The van der Waals surface area contributed by atoms with E-state index in [1.165, 1.54) is 5.56 Å². The van der Waals surface area contributed by atoms with Gasteiger partial charge in [0.15, 0.2) is 0 Å². The van der Waals surface area contributed by atoms with Crippen LogP contribution in [0.1, 0.15) is 17.5 Å². The van der Waals surface area contributed by atoms with E-state index in [2.05, 4.69) is 47.1 Å². The van der Waals surface area contributed by atoms with Gasteiger partial charge in [0, 0.05) is 10.9 Å². The van der Waals surface area contributed by atoms with Crippen molar-refractivity contribution in [3.8, 4) is 5.75 Å². The molecule has 0 atom stereocenters. The van der Waals surface area contributed by atoms with Gasteiger partial charge in [-0.25, -0.2) is 0 Å². The molecule has 0 aliphatic heterocycles. The molecule has 0 heterocycles. The van der Waals surface area contributed by atoms with Crippen molar-refractivity contribution in [3.05, 3.63) is 35.4 Å². The zero-order valence-electron chi connectivity index (χ0n) is 8.59. The lowest BCUT2D eigenvalue weighted by Gasteiger charge is -2.05. The Labute approximate surface area is 93.9 Å². The van der Waals surface area contributed by atoms with Crippen molar-refractivity contribution >= 4 is 22.0 Å². The first-order chi connectivity index (χ1) is 6.77. The van der Waals surface area contributed by atoms with Gasteiger partial charge in [-0.05, 0) is 25.5 Å². The number of rotatable bonds is 4. The van der Waals surface area contributed by atoms with E-state index >= 15 is 0 Å². The minimum atomic E-state index is 0.932. The van der Waals surface area contributed by atoms with Crippen LogP contribution in [0.5, 0.6) is 5.75 Å². The van der Waals surface area contributed by atoms with E-state index in [1.54, 1.807) is 7.11 Å². The molecular weight excluding hydrogens is 240 g/mol. The SMILES string of the molecule is COc1ccc(C)cc1/C=C/CCBr. The third-order valence-electron chi connectivity index (χ3n) is 1.96. The molecule has 76 valence electrons. The normalized spacial score (nSPS) is 10.8. The first kappa shape index (κ1) is 11.3. The maximum atomic E-state index is 5.27. The van der Waals surface area contributed by atoms with E-state index in [9.17, 15) is 0 Å². The fourth-order valence-electron chi connectivity index (χ4n) is 1.26. The molecule has 1 nitrogen and oxygen atoms in total. The molecule has 0 amide bonds. The predicted molar refractivity (Wildman–Crippen MR) is 65.2 cm³/mol. The summed E-state index contributed by atoms with van der Waals surface area (Å²) in [5.41, 5.74) is 2.40. The predicted octanol–water partition coefficient (Wildman–Crippen LogP) is 3.80. The van der Waals surface area contributed by atoms with Gasteiger partial charge in [0.05, 0.1) is 7.11 Å². The highest BCUT2D eigenvalue weighted by Gasteiger charge is 1.98. The Bertz CT molecular complexity index is 318. The van der Waals surface area contributed by atoms with Gasteiger partial charge in [-0.15, -0.1) is 0 Å². The van der Waals surface area contributed by atoms with Crippen molar-refractivity contribution in [1.29, 1.82) is 0 Å². The third kappa shape index (κ3) is 3.18. The maximum Gasteiger partial charge on any atom is 0.126 e. The van der Waals surface area contributed by atoms with Crippen molar-refractivity contribution in [3.63, 3.8) is 0 Å². The Kier molecular flexibility index (Phi) is 4.74. The molecule has 0 bridgehead atoms. The van der Waals surface area contributed by atoms with Crippen LogP contribution in [0.2, 0.25) is 0 Å². The minimum Gasteiger partial charge on any atom is -0.496 e. The number of hydrogen-bond donors (Lipinski definition) is 0. The number of alkyl halides is 1. The molecule has 0 N–H and O–H groups in total. The number of ether oxygens (including phenoxy) is 1.